The van der Waals surface area contributed by atoms with Crippen molar-refractivity contribution in [2.45, 2.75) is 45.9 Å². The van der Waals surface area contributed by atoms with Gasteiger partial charge in [-0.15, -0.1) is 0 Å². The van der Waals surface area contributed by atoms with E-state index in [1.165, 1.54) is 0 Å². The number of benzene rings is 1. The van der Waals surface area contributed by atoms with Crippen LogP contribution in [0.5, 0.6) is 0 Å². The molecule has 3 N–H and O–H groups in total. The Kier molecular flexibility index (Phi) is 5.20. The van der Waals surface area contributed by atoms with Gasteiger partial charge < -0.3 is 15.8 Å². The predicted octanol–water partition coefficient (Wildman–Crippen LogP) is 3.38. The molecular formula is C14H21ClN2O2. The normalized spacial score (nSPS) is 12.9. The van der Waals surface area contributed by atoms with E-state index in [-0.39, 0.29) is 6.04 Å². The summed E-state index contributed by atoms with van der Waals surface area (Å²) in [5, 5.41) is 3.34. The molecule has 0 unspecified atom stereocenters. The summed E-state index contributed by atoms with van der Waals surface area (Å²) in [7, 11) is 0. The Morgan fingerprint density at radius 3 is 2.63 bits per heavy atom. The second-order valence-corrected chi connectivity index (χ2v) is 5.92. The second kappa shape index (κ2) is 6.26. The van der Waals surface area contributed by atoms with E-state index in [1.807, 2.05) is 39.8 Å². The molecule has 0 bridgehead atoms. The van der Waals surface area contributed by atoms with E-state index in [0.29, 0.717) is 11.6 Å². The molecule has 106 valence electrons. The molecule has 1 aromatic rings. The minimum absolute atomic E-state index is 0.144. The second-order valence-electron chi connectivity index (χ2n) is 5.49. The van der Waals surface area contributed by atoms with Crippen molar-refractivity contribution in [3.63, 3.8) is 0 Å². The number of alkyl carbamates (subject to hydrolysis) is 1. The maximum absolute atomic E-state index is 11.6. The van der Waals surface area contributed by atoms with E-state index in [9.17, 15) is 4.79 Å². The van der Waals surface area contributed by atoms with Crippen LogP contribution in [0, 0.1) is 0 Å². The SMILES string of the molecule is C[C@H](N)c1cc(Cl)ccc1CNC(=O)OC(C)(C)C. The topological polar surface area (TPSA) is 64.3 Å². The van der Waals surface area contributed by atoms with E-state index in [4.69, 9.17) is 22.1 Å². The Morgan fingerprint density at radius 2 is 2.11 bits per heavy atom. The predicted molar refractivity (Wildman–Crippen MR) is 77.1 cm³/mol. The van der Waals surface area contributed by atoms with Gasteiger partial charge in [0.25, 0.3) is 0 Å². The molecule has 5 heteroatoms. The van der Waals surface area contributed by atoms with Crippen LogP contribution in [0.15, 0.2) is 18.2 Å². The summed E-state index contributed by atoms with van der Waals surface area (Å²) < 4.78 is 5.18. The van der Waals surface area contributed by atoms with E-state index in [1.54, 1.807) is 6.07 Å². The number of ether oxygens (including phenoxy) is 1. The lowest BCUT2D eigenvalue weighted by Gasteiger charge is -2.20. The molecular weight excluding hydrogens is 264 g/mol. The van der Waals surface area contributed by atoms with Gasteiger partial charge in [-0.25, -0.2) is 4.79 Å². The minimum atomic E-state index is -0.506. The van der Waals surface area contributed by atoms with Crippen molar-refractivity contribution in [2.24, 2.45) is 5.73 Å². The molecule has 0 aliphatic rings. The highest BCUT2D eigenvalue weighted by atomic mass is 35.5. The van der Waals surface area contributed by atoms with Gasteiger partial charge in [-0.1, -0.05) is 17.7 Å². The zero-order valence-electron chi connectivity index (χ0n) is 11.8. The van der Waals surface area contributed by atoms with Crippen molar-refractivity contribution in [3.05, 3.63) is 34.3 Å². The average Bonchev–Trinajstić information content (AvgIpc) is 2.24. The summed E-state index contributed by atoms with van der Waals surface area (Å²) >= 11 is 5.94. The molecule has 0 aromatic heterocycles. The van der Waals surface area contributed by atoms with Crippen LogP contribution >= 0.6 is 11.6 Å². The third-order valence-corrected chi connectivity index (χ3v) is 2.66. The van der Waals surface area contributed by atoms with Crippen molar-refractivity contribution in [1.29, 1.82) is 0 Å². The molecule has 1 atom stereocenters. The van der Waals surface area contributed by atoms with Gasteiger partial charge in [-0.2, -0.15) is 0 Å². The van der Waals surface area contributed by atoms with E-state index in [2.05, 4.69) is 5.32 Å². The quantitative estimate of drug-likeness (QED) is 0.894. The maximum Gasteiger partial charge on any atom is 0.407 e. The summed E-state index contributed by atoms with van der Waals surface area (Å²) in [5.41, 5.74) is 7.24. The number of hydrogen-bond donors (Lipinski definition) is 2. The van der Waals surface area contributed by atoms with E-state index < -0.39 is 11.7 Å². The van der Waals surface area contributed by atoms with Gasteiger partial charge in [0.05, 0.1) is 0 Å². The molecule has 1 amide bonds. The number of halogens is 1. The smallest absolute Gasteiger partial charge is 0.407 e. The molecule has 19 heavy (non-hydrogen) atoms. The fraction of sp³-hybridized carbons (Fsp3) is 0.500. The van der Waals surface area contributed by atoms with E-state index in [0.717, 1.165) is 11.1 Å². The molecule has 0 saturated carbocycles. The maximum atomic E-state index is 11.6. The molecule has 0 radical (unpaired) electrons. The van der Waals surface area contributed by atoms with Gasteiger partial charge in [0.2, 0.25) is 0 Å². The summed E-state index contributed by atoms with van der Waals surface area (Å²) in [6, 6.07) is 5.31. The lowest BCUT2D eigenvalue weighted by atomic mass is 10.0. The standard InChI is InChI=1S/C14H21ClN2O2/c1-9(16)12-7-11(15)6-5-10(12)8-17-13(18)19-14(2,3)4/h5-7,9H,8,16H2,1-4H3,(H,17,18)/t9-/m0/s1. The molecule has 1 aromatic carbocycles. The van der Waals surface area contributed by atoms with Crippen LogP contribution in [-0.4, -0.2) is 11.7 Å². The zero-order valence-corrected chi connectivity index (χ0v) is 12.5. The zero-order chi connectivity index (χ0) is 14.6. The van der Waals surface area contributed by atoms with Crippen molar-refractivity contribution in [1.82, 2.24) is 5.32 Å². The Morgan fingerprint density at radius 1 is 1.47 bits per heavy atom. The summed E-state index contributed by atoms with van der Waals surface area (Å²) in [4.78, 5) is 11.6. The first-order chi connectivity index (χ1) is 8.69. The fourth-order valence-electron chi connectivity index (χ4n) is 1.63. The number of nitrogens with two attached hydrogens (primary N) is 1. The Labute approximate surface area is 119 Å². The first-order valence-corrected chi connectivity index (χ1v) is 6.57. The Bertz CT molecular complexity index is 453. The Balaban J connectivity index is 2.70. The summed E-state index contributed by atoms with van der Waals surface area (Å²) in [6.07, 6.45) is -0.446. The average molecular weight is 285 g/mol. The van der Waals surface area contributed by atoms with Crippen LogP contribution in [0.25, 0.3) is 0 Å². The van der Waals surface area contributed by atoms with Crippen LogP contribution in [0.1, 0.15) is 44.9 Å². The van der Waals surface area contributed by atoms with Gasteiger partial charge in [0, 0.05) is 17.6 Å². The van der Waals surface area contributed by atoms with Crippen LogP contribution < -0.4 is 11.1 Å². The first-order valence-electron chi connectivity index (χ1n) is 6.20. The highest BCUT2D eigenvalue weighted by molar-refractivity contribution is 6.30. The van der Waals surface area contributed by atoms with E-state index >= 15 is 0 Å². The summed E-state index contributed by atoms with van der Waals surface area (Å²) in [5.74, 6) is 0. The van der Waals surface area contributed by atoms with Crippen LogP contribution in [0.2, 0.25) is 5.02 Å². The van der Waals surface area contributed by atoms with Crippen molar-refractivity contribution < 1.29 is 9.53 Å². The molecule has 0 saturated heterocycles. The minimum Gasteiger partial charge on any atom is -0.444 e. The molecule has 0 aliphatic carbocycles. The fourth-order valence-corrected chi connectivity index (χ4v) is 1.81. The van der Waals surface area contributed by atoms with Crippen LogP contribution in [-0.2, 0) is 11.3 Å². The van der Waals surface area contributed by atoms with Crippen LogP contribution in [0.4, 0.5) is 4.79 Å². The van der Waals surface area contributed by atoms with Crippen molar-refractivity contribution >= 4 is 17.7 Å². The van der Waals surface area contributed by atoms with Crippen LogP contribution in [0.3, 0.4) is 0 Å². The highest BCUT2D eigenvalue weighted by Crippen LogP contribution is 2.21. The largest absolute Gasteiger partial charge is 0.444 e. The lowest BCUT2D eigenvalue weighted by molar-refractivity contribution is 0.0523. The summed E-state index contributed by atoms with van der Waals surface area (Å²) in [6.45, 7) is 7.71. The molecule has 0 heterocycles. The van der Waals surface area contributed by atoms with Crippen molar-refractivity contribution in [2.75, 3.05) is 0 Å². The van der Waals surface area contributed by atoms with Gasteiger partial charge in [-0.3, -0.25) is 0 Å². The van der Waals surface area contributed by atoms with Gasteiger partial charge in [0.15, 0.2) is 0 Å². The number of hydrogen-bond acceptors (Lipinski definition) is 3. The molecule has 0 fully saturated rings. The number of carbonyl (C=O) groups excluding carboxylic acids is 1. The van der Waals surface area contributed by atoms with Gasteiger partial charge in [0.1, 0.15) is 5.60 Å². The number of carbonyl (C=O) groups is 1. The molecule has 0 spiro atoms. The monoisotopic (exact) mass is 284 g/mol. The molecule has 1 rings (SSSR count). The lowest BCUT2D eigenvalue weighted by Crippen LogP contribution is -2.32. The molecule has 4 nitrogen and oxygen atoms in total. The number of rotatable bonds is 3. The first kappa shape index (κ1) is 15.8. The van der Waals surface area contributed by atoms with Gasteiger partial charge in [-0.05, 0) is 51.0 Å². The molecule has 0 aliphatic heterocycles. The highest BCUT2D eigenvalue weighted by Gasteiger charge is 2.16. The Hall–Kier alpha value is -1.26. The third-order valence-electron chi connectivity index (χ3n) is 2.42. The number of nitrogens with one attached hydrogen (secondary N) is 1. The number of amides is 1. The third kappa shape index (κ3) is 5.49. The van der Waals surface area contributed by atoms with Gasteiger partial charge >= 0.3 is 6.09 Å². The van der Waals surface area contributed by atoms with Crippen molar-refractivity contribution in [3.8, 4) is 0 Å².